The zero-order valence-electron chi connectivity index (χ0n) is 12.7. The average molecular weight is 329 g/mol. The molecular formula is C18H17ClN2O2. The summed E-state index contributed by atoms with van der Waals surface area (Å²) in [5.74, 6) is 2.53. The van der Waals surface area contributed by atoms with Gasteiger partial charge in [0.2, 0.25) is 0 Å². The summed E-state index contributed by atoms with van der Waals surface area (Å²) in [7, 11) is 1.68. The molecule has 0 fully saturated rings. The molecule has 0 aliphatic carbocycles. The van der Waals surface area contributed by atoms with Crippen molar-refractivity contribution in [2.45, 2.75) is 0 Å². The first-order valence-corrected chi connectivity index (χ1v) is 7.29. The number of halogens is 1. The Balaban J connectivity index is 0.00000156. The first-order chi connectivity index (χ1) is 10.8. The van der Waals surface area contributed by atoms with E-state index in [1.165, 1.54) is 0 Å². The quantitative estimate of drug-likeness (QED) is 0.793. The highest BCUT2D eigenvalue weighted by Gasteiger charge is 2.15. The number of hydrogen-bond donors (Lipinski definition) is 1. The van der Waals surface area contributed by atoms with Gasteiger partial charge in [0.25, 0.3) is 0 Å². The maximum Gasteiger partial charge on any atom is 0.176 e. The second kappa shape index (κ2) is 6.34. The van der Waals surface area contributed by atoms with E-state index in [2.05, 4.69) is 34.6 Å². The number of furan rings is 1. The Morgan fingerprint density at radius 2 is 2.00 bits per heavy atom. The number of benzene rings is 2. The monoisotopic (exact) mass is 328 g/mol. The molecule has 1 N–H and O–H groups in total. The zero-order chi connectivity index (χ0) is 14.9. The van der Waals surface area contributed by atoms with Crippen molar-refractivity contribution in [2.24, 2.45) is 4.99 Å². The molecule has 0 saturated heterocycles. The molecule has 1 aliphatic heterocycles. The summed E-state index contributed by atoms with van der Waals surface area (Å²) in [4.78, 5) is 4.43. The Morgan fingerprint density at radius 3 is 2.78 bits per heavy atom. The van der Waals surface area contributed by atoms with Crippen LogP contribution in [0.3, 0.4) is 0 Å². The second-order valence-corrected chi connectivity index (χ2v) is 5.26. The van der Waals surface area contributed by atoms with Crippen LogP contribution in [-0.4, -0.2) is 26.0 Å². The Kier molecular flexibility index (Phi) is 4.26. The van der Waals surface area contributed by atoms with Gasteiger partial charge < -0.3 is 14.5 Å². The van der Waals surface area contributed by atoms with Crippen LogP contribution >= 0.6 is 12.4 Å². The molecule has 0 saturated carbocycles. The van der Waals surface area contributed by atoms with Crippen molar-refractivity contribution in [3.63, 3.8) is 0 Å². The molecule has 3 aromatic rings. The number of aliphatic imine (C=N–C) groups is 1. The molecule has 23 heavy (non-hydrogen) atoms. The van der Waals surface area contributed by atoms with E-state index >= 15 is 0 Å². The van der Waals surface area contributed by atoms with E-state index in [0.717, 1.165) is 52.3 Å². The lowest BCUT2D eigenvalue weighted by molar-refractivity contribution is 0.415. The molecule has 0 spiro atoms. The van der Waals surface area contributed by atoms with Crippen LogP contribution in [0.25, 0.3) is 21.9 Å². The van der Waals surface area contributed by atoms with Crippen LogP contribution in [0.1, 0.15) is 5.76 Å². The fourth-order valence-corrected chi connectivity index (χ4v) is 2.77. The highest BCUT2D eigenvalue weighted by molar-refractivity contribution is 6.08. The van der Waals surface area contributed by atoms with Crippen LogP contribution in [0.5, 0.6) is 5.75 Å². The van der Waals surface area contributed by atoms with Crippen LogP contribution in [0.15, 0.2) is 58.1 Å². The molecule has 0 unspecified atom stereocenters. The van der Waals surface area contributed by atoms with Crippen LogP contribution in [0.2, 0.25) is 0 Å². The summed E-state index contributed by atoms with van der Waals surface area (Å²) in [6, 6.07) is 14.4. The molecule has 0 radical (unpaired) electrons. The normalized spacial score (nSPS) is 13.3. The molecule has 0 amide bonds. The van der Waals surface area contributed by atoms with Crippen molar-refractivity contribution in [1.29, 1.82) is 0 Å². The fourth-order valence-electron chi connectivity index (χ4n) is 2.77. The Labute approximate surface area is 140 Å². The number of rotatable bonds is 3. The molecule has 1 aliphatic rings. The number of methoxy groups -OCH3 is 1. The van der Waals surface area contributed by atoms with Crippen molar-refractivity contribution in [2.75, 3.05) is 20.2 Å². The maximum absolute atomic E-state index is 5.72. The van der Waals surface area contributed by atoms with Gasteiger partial charge in [0.15, 0.2) is 11.6 Å². The lowest BCUT2D eigenvalue weighted by Crippen LogP contribution is -2.18. The lowest BCUT2D eigenvalue weighted by atomic mass is 10.0. The summed E-state index contributed by atoms with van der Waals surface area (Å²) >= 11 is 0. The largest absolute Gasteiger partial charge is 0.497 e. The minimum atomic E-state index is 0. The molecule has 1 aromatic heterocycles. The van der Waals surface area contributed by atoms with Gasteiger partial charge >= 0.3 is 0 Å². The molecular weight excluding hydrogens is 312 g/mol. The number of nitrogens with zero attached hydrogens (tertiary/aromatic N) is 1. The van der Waals surface area contributed by atoms with Gasteiger partial charge in [-0.05, 0) is 35.4 Å². The minimum Gasteiger partial charge on any atom is -0.497 e. The van der Waals surface area contributed by atoms with Crippen molar-refractivity contribution in [3.8, 4) is 16.9 Å². The van der Waals surface area contributed by atoms with Gasteiger partial charge in [-0.1, -0.05) is 18.2 Å². The van der Waals surface area contributed by atoms with Crippen LogP contribution < -0.4 is 10.1 Å². The van der Waals surface area contributed by atoms with Gasteiger partial charge in [0.05, 0.1) is 19.9 Å². The first kappa shape index (κ1) is 15.4. The van der Waals surface area contributed by atoms with Crippen LogP contribution in [0, 0.1) is 0 Å². The van der Waals surface area contributed by atoms with Gasteiger partial charge in [-0.15, -0.1) is 12.4 Å². The summed E-state index contributed by atoms with van der Waals surface area (Å²) in [6.07, 6.45) is 1.79. The van der Waals surface area contributed by atoms with Crippen molar-refractivity contribution in [3.05, 3.63) is 54.5 Å². The number of ether oxygens (including phenoxy) is 1. The predicted octanol–water partition coefficient (Wildman–Crippen LogP) is 3.88. The number of nitrogens with one attached hydrogen (secondary N) is 1. The Bertz CT molecular complexity index is 870. The van der Waals surface area contributed by atoms with E-state index in [4.69, 9.17) is 9.15 Å². The molecule has 2 heterocycles. The van der Waals surface area contributed by atoms with E-state index in [9.17, 15) is 0 Å². The van der Waals surface area contributed by atoms with Crippen molar-refractivity contribution in [1.82, 2.24) is 5.32 Å². The predicted molar refractivity (Wildman–Crippen MR) is 94.9 cm³/mol. The minimum absolute atomic E-state index is 0. The van der Waals surface area contributed by atoms with Gasteiger partial charge in [-0.25, -0.2) is 0 Å². The molecule has 4 rings (SSSR count). The van der Waals surface area contributed by atoms with E-state index in [0.29, 0.717) is 0 Å². The molecule has 118 valence electrons. The van der Waals surface area contributed by atoms with Gasteiger partial charge in [-0.3, -0.25) is 4.99 Å². The molecule has 5 heteroatoms. The number of amidine groups is 1. The number of hydrogen-bond acceptors (Lipinski definition) is 4. The smallest absolute Gasteiger partial charge is 0.176 e. The fraction of sp³-hybridized carbons (Fsp3) is 0.167. The SMILES string of the molecule is COc1cccc(-c2ccc3c(C4=NCCN4)occ3c2)c1.Cl. The standard InChI is InChI=1S/C18H16N2O2.ClH/c1-21-15-4-2-3-12(10-15)13-5-6-16-14(9-13)11-22-17(16)18-19-7-8-20-18;/h2-6,9-11H,7-8H2,1H3,(H,19,20);1H. The van der Waals surface area contributed by atoms with Crippen molar-refractivity contribution >= 4 is 29.0 Å². The molecule has 2 aromatic carbocycles. The summed E-state index contributed by atoms with van der Waals surface area (Å²) in [5, 5.41) is 5.41. The third-order valence-corrected chi connectivity index (χ3v) is 3.89. The highest BCUT2D eigenvalue weighted by atomic mass is 35.5. The summed E-state index contributed by atoms with van der Waals surface area (Å²) < 4.78 is 11.0. The number of fused-ring (bicyclic) bond motifs is 1. The Morgan fingerprint density at radius 1 is 1.13 bits per heavy atom. The topological polar surface area (TPSA) is 46.8 Å². The highest BCUT2D eigenvalue weighted by Crippen LogP contribution is 2.29. The average Bonchev–Trinajstić information content (AvgIpc) is 3.23. The molecule has 4 nitrogen and oxygen atoms in total. The molecule has 0 bridgehead atoms. The zero-order valence-corrected chi connectivity index (χ0v) is 13.5. The lowest BCUT2D eigenvalue weighted by Gasteiger charge is -2.05. The van der Waals surface area contributed by atoms with Crippen LogP contribution in [0.4, 0.5) is 0 Å². The maximum atomic E-state index is 5.72. The second-order valence-electron chi connectivity index (χ2n) is 5.26. The third kappa shape index (κ3) is 2.78. The summed E-state index contributed by atoms with van der Waals surface area (Å²) in [6.45, 7) is 1.68. The van der Waals surface area contributed by atoms with Gasteiger partial charge in [0.1, 0.15) is 5.75 Å². The van der Waals surface area contributed by atoms with Crippen molar-refractivity contribution < 1.29 is 9.15 Å². The molecule has 0 atom stereocenters. The van der Waals surface area contributed by atoms with Crippen LogP contribution in [-0.2, 0) is 0 Å². The first-order valence-electron chi connectivity index (χ1n) is 7.29. The van der Waals surface area contributed by atoms with E-state index in [1.54, 1.807) is 13.4 Å². The third-order valence-electron chi connectivity index (χ3n) is 3.89. The van der Waals surface area contributed by atoms with E-state index in [-0.39, 0.29) is 12.4 Å². The van der Waals surface area contributed by atoms with E-state index < -0.39 is 0 Å². The summed E-state index contributed by atoms with van der Waals surface area (Å²) in [5.41, 5.74) is 2.26. The van der Waals surface area contributed by atoms with E-state index in [1.807, 2.05) is 18.2 Å². The Hall–Kier alpha value is -2.46. The van der Waals surface area contributed by atoms with Gasteiger partial charge in [0, 0.05) is 17.3 Å². The van der Waals surface area contributed by atoms with Gasteiger partial charge in [-0.2, -0.15) is 0 Å².